The summed E-state index contributed by atoms with van der Waals surface area (Å²) in [5, 5.41) is 0. The molecule has 0 aromatic carbocycles. The van der Waals surface area contributed by atoms with Crippen LogP contribution in [0.1, 0.15) is 19.3 Å². The lowest BCUT2D eigenvalue weighted by Gasteiger charge is -2.38. The minimum Gasteiger partial charge on any atom is -0.456 e. The average Bonchev–Trinajstić information content (AvgIpc) is 2.86. The van der Waals surface area contributed by atoms with Crippen molar-refractivity contribution in [3.8, 4) is 0 Å². The predicted octanol–water partition coefficient (Wildman–Crippen LogP) is 5.46. The Hall–Kier alpha value is 0.654. The third-order valence-electron chi connectivity index (χ3n) is 6.88. The van der Waals surface area contributed by atoms with Gasteiger partial charge < -0.3 is 44.3 Å². The molecule has 0 heterocycles. The first-order chi connectivity index (χ1) is 17.8. The molecule has 0 spiro atoms. The maximum absolute atomic E-state index is 16.9. The quantitative estimate of drug-likeness (QED) is 0.0737. The highest BCUT2D eigenvalue weighted by Gasteiger charge is 2.46. The smallest absolute Gasteiger partial charge is 0.456 e. The van der Waals surface area contributed by atoms with Crippen molar-refractivity contribution in [3.63, 3.8) is 0 Å². The number of halogens is 1. The fourth-order valence-electron chi connectivity index (χ4n) is 5.10. The van der Waals surface area contributed by atoms with Crippen LogP contribution in [0.15, 0.2) is 0 Å². The van der Waals surface area contributed by atoms with Crippen molar-refractivity contribution < 1.29 is 44.3 Å². The molecule has 0 N–H and O–H groups in total. The van der Waals surface area contributed by atoms with Crippen molar-refractivity contribution >= 4 is 42.7 Å². The first-order valence-electron chi connectivity index (χ1n) is 13.5. The number of methoxy groups -OCH3 is 1. The van der Waals surface area contributed by atoms with E-state index >= 15 is 4.11 Å². The van der Waals surface area contributed by atoms with Crippen LogP contribution in [0, 0.1) is 0 Å². The van der Waals surface area contributed by atoms with E-state index in [0.717, 1.165) is 12.5 Å². The minimum atomic E-state index is -3.18. The third-order valence-corrected chi connectivity index (χ3v) is 27.0. The highest BCUT2D eigenvalue weighted by Crippen LogP contribution is 2.36. The van der Waals surface area contributed by atoms with Gasteiger partial charge in [-0.1, -0.05) is 0 Å². The van der Waals surface area contributed by atoms with Gasteiger partial charge in [0.25, 0.3) is 0 Å². The molecular weight excluding hydrogens is 580 g/mol. The second kappa shape index (κ2) is 19.0. The summed E-state index contributed by atoms with van der Waals surface area (Å²) in [4.78, 5) is 0. The van der Waals surface area contributed by atoms with E-state index in [1.165, 1.54) is 0 Å². The maximum atomic E-state index is 16.9. The van der Waals surface area contributed by atoms with Crippen LogP contribution in [0.2, 0.25) is 62.1 Å². The summed E-state index contributed by atoms with van der Waals surface area (Å²) in [7, 11) is -1.65. The molecule has 0 aromatic rings. The van der Waals surface area contributed by atoms with Gasteiger partial charge in [-0.25, -0.2) is 0 Å². The zero-order chi connectivity index (χ0) is 29.3. The van der Waals surface area contributed by atoms with Crippen molar-refractivity contribution in [1.29, 1.82) is 0 Å². The molecule has 230 valence electrons. The Balaban J connectivity index is 5.37. The van der Waals surface area contributed by atoms with Crippen LogP contribution >= 0.6 is 0 Å². The van der Waals surface area contributed by atoms with Crippen molar-refractivity contribution in [2.24, 2.45) is 0 Å². The topological polar surface area (TPSA) is 83.1 Å². The lowest BCUT2D eigenvalue weighted by molar-refractivity contribution is 0.0707. The number of hydrogen-bond donors (Lipinski definition) is 0. The van der Waals surface area contributed by atoms with E-state index in [1.54, 1.807) is 49.8 Å². The summed E-state index contributed by atoms with van der Waals surface area (Å²) < 4.78 is 67.8. The molecule has 0 atom stereocenters. The summed E-state index contributed by atoms with van der Waals surface area (Å²) in [6.45, 7) is 10.7. The van der Waals surface area contributed by atoms with E-state index in [2.05, 4.69) is 26.2 Å². The molecule has 0 bridgehead atoms. The van der Waals surface area contributed by atoms with Gasteiger partial charge in [-0.15, -0.1) is 0 Å². The number of ether oxygens (including phenoxy) is 2. The van der Waals surface area contributed by atoms with E-state index < -0.39 is 42.7 Å². The predicted molar refractivity (Wildman–Crippen MR) is 162 cm³/mol. The molecule has 0 saturated carbocycles. The van der Waals surface area contributed by atoms with Crippen LogP contribution in [0.3, 0.4) is 0 Å². The van der Waals surface area contributed by atoms with Crippen LogP contribution in [0.5, 0.6) is 0 Å². The molecule has 15 heteroatoms. The highest BCUT2D eigenvalue weighted by atomic mass is 28.5. The van der Waals surface area contributed by atoms with E-state index in [-0.39, 0.29) is 0 Å². The van der Waals surface area contributed by atoms with E-state index in [0.29, 0.717) is 62.5 Å². The second-order valence-electron chi connectivity index (χ2n) is 11.0. The monoisotopic (exact) mass is 636 g/mol. The van der Waals surface area contributed by atoms with Gasteiger partial charge >= 0.3 is 17.6 Å². The van der Waals surface area contributed by atoms with E-state index in [9.17, 15) is 0 Å². The summed E-state index contributed by atoms with van der Waals surface area (Å²) in [6.07, 6.45) is 2.27. The second-order valence-corrected chi connectivity index (χ2v) is 30.2. The zero-order valence-corrected chi connectivity index (χ0v) is 31.0. The molecule has 38 heavy (non-hydrogen) atoms. The van der Waals surface area contributed by atoms with Crippen molar-refractivity contribution in [1.82, 2.24) is 0 Å². The van der Waals surface area contributed by atoms with Crippen LogP contribution in [0.25, 0.3) is 0 Å². The molecule has 0 aliphatic rings. The van der Waals surface area contributed by atoms with Gasteiger partial charge in [0.2, 0.25) is 8.41 Å². The Labute approximate surface area is 237 Å². The van der Waals surface area contributed by atoms with Crippen LogP contribution in [-0.4, -0.2) is 112 Å². The van der Waals surface area contributed by atoms with Gasteiger partial charge in [0, 0.05) is 68.5 Å². The van der Waals surface area contributed by atoms with Crippen LogP contribution in [0.4, 0.5) is 4.11 Å². The largest absolute Gasteiger partial charge is 0.500 e. The third kappa shape index (κ3) is 15.0. The molecule has 0 unspecified atom stereocenters. The van der Waals surface area contributed by atoms with Gasteiger partial charge in [0.05, 0.1) is 13.2 Å². The molecule has 9 nitrogen and oxygen atoms in total. The number of rotatable bonds is 25. The first-order valence-corrected chi connectivity index (χ1v) is 26.1. The standard InChI is InChI=1S/C23H57FO9Si5/c1-25-16-17-32-15-12-18-34(8,9)33-35(10,11)23-36(24,19-13-21-37(26-2,27-3)28-4)20-14-22-38(29-5,30-6)31-7/h12-23H2,1-11H3. The molecule has 0 aromatic heterocycles. The lowest BCUT2D eigenvalue weighted by Crippen LogP contribution is -2.50. The summed E-state index contributed by atoms with van der Waals surface area (Å²) in [6, 6.07) is 3.22. The first kappa shape index (κ1) is 38.7. The fourth-order valence-corrected chi connectivity index (χ4v) is 27.0. The minimum absolute atomic E-state index is 0.522. The Bertz CT molecular complexity index is 569. The van der Waals surface area contributed by atoms with Gasteiger partial charge in [0.1, 0.15) is 0 Å². The van der Waals surface area contributed by atoms with E-state index in [1.807, 2.05) is 0 Å². The SMILES string of the molecule is COCCOCCC[Si](C)(C)O[Si](C)(C)C[Si](F)(CCC[Si](OC)(OC)OC)CCC[Si](OC)(OC)OC. The molecule has 0 rings (SSSR count). The zero-order valence-electron chi connectivity index (χ0n) is 26.0. The van der Waals surface area contributed by atoms with Crippen LogP contribution < -0.4 is 0 Å². The Morgan fingerprint density at radius 2 is 0.947 bits per heavy atom. The lowest BCUT2D eigenvalue weighted by atomic mass is 10.5. The maximum Gasteiger partial charge on any atom is 0.500 e. The fraction of sp³-hybridized carbons (Fsp3) is 1.00. The normalized spacial score (nSPS) is 13.9. The molecule has 0 amide bonds. The molecule has 0 saturated heterocycles. The summed E-state index contributed by atoms with van der Waals surface area (Å²) in [5.74, 6) is 0. The van der Waals surface area contributed by atoms with Crippen molar-refractivity contribution in [3.05, 3.63) is 0 Å². The molecule has 0 aliphatic heterocycles. The van der Waals surface area contributed by atoms with Gasteiger partial charge in [-0.05, 0) is 69.3 Å². The Morgan fingerprint density at radius 1 is 0.500 bits per heavy atom. The molecular formula is C23H57FO9Si5. The molecule has 0 radical (unpaired) electrons. The van der Waals surface area contributed by atoms with Crippen molar-refractivity contribution in [2.75, 3.05) is 69.6 Å². The van der Waals surface area contributed by atoms with Gasteiger partial charge in [0.15, 0.2) is 16.6 Å². The molecule has 0 fully saturated rings. The highest BCUT2D eigenvalue weighted by molar-refractivity contribution is 6.94. The number of hydrogen-bond acceptors (Lipinski definition) is 9. The Kier molecular flexibility index (Phi) is 19.3. The van der Waals surface area contributed by atoms with Gasteiger partial charge in [-0.3, -0.25) is 0 Å². The molecule has 0 aliphatic carbocycles. The van der Waals surface area contributed by atoms with E-state index in [4.69, 9.17) is 40.1 Å². The summed E-state index contributed by atoms with van der Waals surface area (Å²) >= 11 is 0. The van der Waals surface area contributed by atoms with Crippen LogP contribution in [-0.2, 0) is 40.1 Å². The van der Waals surface area contributed by atoms with Crippen molar-refractivity contribution in [2.45, 2.75) is 81.3 Å². The Morgan fingerprint density at radius 3 is 1.34 bits per heavy atom. The van der Waals surface area contributed by atoms with Gasteiger partial charge in [-0.2, -0.15) is 0 Å². The summed E-state index contributed by atoms with van der Waals surface area (Å²) in [5.41, 5.74) is 0.559. The average molecular weight is 637 g/mol.